The topological polar surface area (TPSA) is 75.7 Å². The molecule has 0 aromatic rings. The van der Waals surface area contributed by atoms with Gasteiger partial charge < -0.3 is 15.0 Å². The van der Waals surface area contributed by atoms with Crippen LogP contribution < -0.4 is 5.32 Å². The molecule has 1 heterocycles. The van der Waals surface area contributed by atoms with Gasteiger partial charge in [0.1, 0.15) is 6.04 Å². The molecule has 1 fully saturated rings. The lowest BCUT2D eigenvalue weighted by Crippen LogP contribution is -2.53. The summed E-state index contributed by atoms with van der Waals surface area (Å²) in [5.41, 5.74) is 0. The SMILES string of the molecule is COC(=O)N[C@H](C(=O)N1CCC[C@H]1C(C)=O)C(C)C. The lowest BCUT2D eigenvalue weighted by atomic mass is 10.0. The van der Waals surface area contributed by atoms with Crippen LogP contribution in [0.4, 0.5) is 4.79 Å². The first-order valence-electron chi connectivity index (χ1n) is 6.54. The number of carbonyl (C=O) groups excluding carboxylic acids is 3. The van der Waals surface area contributed by atoms with E-state index in [1.54, 1.807) is 4.90 Å². The van der Waals surface area contributed by atoms with Crippen LogP contribution in [-0.4, -0.2) is 48.4 Å². The maximum absolute atomic E-state index is 12.5. The molecule has 0 saturated carbocycles. The van der Waals surface area contributed by atoms with Crippen molar-refractivity contribution in [2.24, 2.45) is 5.92 Å². The molecule has 0 aromatic carbocycles. The number of hydrogen-bond donors (Lipinski definition) is 1. The van der Waals surface area contributed by atoms with E-state index < -0.39 is 12.1 Å². The van der Waals surface area contributed by atoms with Crippen LogP contribution in [0.1, 0.15) is 33.6 Å². The minimum absolute atomic E-state index is 0.00794. The van der Waals surface area contributed by atoms with Crippen LogP contribution >= 0.6 is 0 Å². The number of nitrogens with zero attached hydrogens (tertiary/aromatic N) is 1. The Morgan fingerprint density at radius 3 is 2.42 bits per heavy atom. The van der Waals surface area contributed by atoms with Crippen LogP contribution in [0.3, 0.4) is 0 Å². The molecule has 2 atom stereocenters. The fraction of sp³-hybridized carbons (Fsp3) is 0.769. The number of carbonyl (C=O) groups is 3. The standard InChI is InChI=1S/C13H22N2O4/c1-8(2)11(14-13(18)19-4)12(17)15-7-5-6-10(15)9(3)16/h8,10-11H,5-7H2,1-4H3,(H,14,18)/t10-,11-/m0/s1. The van der Waals surface area contributed by atoms with E-state index in [4.69, 9.17) is 0 Å². The van der Waals surface area contributed by atoms with Gasteiger partial charge in [-0.15, -0.1) is 0 Å². The zero-order valence-corrected chi connectivity index (χ0v) is 11.9. The van der Waals surface area contributed by atoms with Crippen LogP contribution in [0.25, 0.3) is 0 Å². The number of alkyl carbamates (subject to hydrolysis) is 1. The van der Waals surface area contributed by atoms with Crippen LogP contribution in [0.5, 0.6) is 0 Å². The third-order valence-electron chi connectivity index (χ3n) is 3.40. The van der Waals surface area contributed by atoms with Crippen molar-refractivity contribution in [2.75, 3.05) is 13.7 Å². The highest BCUT2D eigenvalue weighted by Crippen LogP contribution is 2.20. The maximum atomic E-state index is 12.5. The lowest BCUT2D eigenvalue weighted by molar-refractivity contribution is -0.139. The first kappa shape index (κ1) is 15.5. The van der Waals surface area contributed by atoms with Crippen LogP contribution in [0.2, 0.25) is 0 Å². The Morgan fingerprint density at radius 1 is 1.32 bits per heavy atom. The summed E-state index contributed by atoms with van der Waals surface area (Å²) in [5, 5.41) is 2.54. The smallest absolute Gasteiger partial charge is 0.407 e. The van der Waals surface area contributed by atoms with Crippen molar-refractivity contribution in [3.8, 4) is 0 Å². The van der Waals surface area contributed by atoms with Crippen LogP contribution in [0, 0.1) is 5.92 Å². The monoisotopic (exact) mass is 270 g/mol. The van der Waals surface area contributed by atoms with E-state index in [2.05, 4.69) is 10.1 Å². The zero-order chi connectivity index (χ0) is 14.6. The number of Topliss-reactive ketones (excluding diaryl/α,β-unsaturated/α-hetero) is 1. The molecule has 0 bridgehead atoms. The second-order valence-electron chi connectivity index (χ2n) is 5.16. The fourth-order valence-corrected chi connectivity index (χ4v) is 2.33. The van der Waals surface area contributed by atoms with E-state index in [1.807, 2.05) is 13.8 Å². The van der Waals surface area contributed by atoms with Gasteiger partial charge in [0, 0.05) is 6.54 Å². The van der Waals surface area contributed by atoms with Gasteiger partial charge >= 0.3 is 6.09 Å². The molecule has 6 nitrogen and oxygen atoms in total. The largest absolute Gasteiger partial charge is 0.453 e. The van der Waals surface area contributed by atoms with E-state index in [0.717, 1.165) is 6.42 Å². The lowest BCUT2D eigenvalue weighted by Gasteiger charge is -2.29. The molecule has 1 rings (SSSR count). The Labute approximate surface area is 113 Å². The molecule has 2 amide bonds. The van der Waals surface area contributed by atoms with Gasteiger partial charge in [0.2, 0.25) is 5.91 Å². The van der Waals surface area contributed by atoms with Crippen molar-refractivity contribution in [2.45, 2.75) is 45.7 Å². The Hall–Kier alpha value is -1.59. The molecule has 1 aliphatic rings. The van der Waals surface area contributed by atoms with Gasteiger partial charge in [-0.3, -0.25) is 9.59 Å². The molecule has 0 radical (unpaired) electrons. The van der Waals surface area contributed by atoms with Crippen molar-refractivity contribution in [1.29, 1.82) is 0 Å². The highest BCUT2D eigenvalue weighted by Gasteiger charge is 2.37. The van der Waals surface area contributed by atoms with Gasteiger partial charge in [-0.05, 0) is 25.7 Å². The van der Waals surface area contributed by atoms with E-state index in [0.29, 0.717) is 13.0 Å². The number of nitrogens with one attached hydrogen (secondary N) is 1. The minimum atomic E-state index is -0.660. The Balaban J connectivity index is 2.81. The summed E-state index contributed by atoms with van der Waals surface area (Å²) >= 11 is 0. The number of hydrogen-bond acceptors (Lipinski definition) is 4. The van der Waals surface area contributed by atoms with Gasteiger partial charge in [-0.2, -0.15) is 0 Å². The average Bonchev–Trinajstić information content (AvgIpc) is 2.83. The van der Waals surface area contributed by atoms with E-state index in [-0.39, 0.29) is 23.7 Å². The van der Waals surface area contributed by atoms with E-state index >= 15 is 0 Å². The van der Waals surface area contributed by atoms with Gasteiger partial charge in [-0.25, -0.2) is 4.79 Å². The molecule has 0 spiro atoms. The van der Waals surface area contributed by atoms with E-state index in [9.17, 15) is 14.4 Å². The van der Waals surface area contributed by atoms with Gasteiger partial charge in [0.25, 0.3) is 0 Å². The van der Waals surface area contributed by atoms with Crippen molar-refractivity contribution in [3.63, 3.8) is 0 Å². The minimum Gasteiger partial charge on any atom is -0.453 e. The maximum Gasteiger partial charge on any atom is 0.407 e. The van der Waals surface area contributed by atoms with Crippen molar-refractivity contribution in [3.05, 3.63) is 0 Å². The summed E-state index contributed by atoms with van der Waals surface area (Å²) in [7, 11) is 1.26. The number of likely N-dealkylation sites (tertiary alicyclic amines) is 1. The molecule has 1 N–H and O–H groups in total. The number of ether oxygens (including phenoxy) is 1. The van der Waals surface area contributed by atoms with Gasteiger partial charge in [0.05, 0.1) is 13.2 Å². The highest BCUT2D eigenvalue weighted by molar-refractivity contribution is 5.91. The molecular weight excluding hydrogens is 248 g/mol. The van der Waals surface area contributed by atoms with Gasteiger partial charge in [0.15, 0.2) is 5.78 Å². The molecule has 0 unspecified atom stereocenters. The molecule has 6 heteroatoms. The van der Waals surface area contributed by atoms with Crippen molar-refractivity contribution < 1.29 is 19.1 Å². The summed E-state index contributed by atoms with van der Waals surface area (Å²) in [4.78, 5) is 36.8. The molecule has 0 aromatic heterocycles. The number of rotatable bonds is 4. The quantitative estimate of drug-likeness (QED) is 0.825. The Morgan fingerprint density at radius 2 is 1.95 bits per heavy atom. The number of ketones is 1. The number of methoxy groups -OCH3 is 1. The van der Waals surface area contributed by atoms with Gasteiger partial charge in [-0.1, -0.05) is 13.8 Å². The summed E-state index contributed by atoms with van der Waals surface area (Å²) in [6.07, 6.45) is 0.883. The zero-order valence-electron chi connectivity index (χ0n) is 11.9. The first-order valence-corrected chi connectivity index (χ1v) is 6.54. The third kappa shape index (κ3) is 3.68. The molecular formula is C13H22N2O4. The Bertz CT molecular complexity index is 368. The molecule has 0 aliphatic carbocycles. The van der Waals surface area contributed by atoms with Crippen molar-refractivity contribution in [1.82, 2.24) is 10.2 Å². The molecule has 108 valence electrons. The normalized spacial score (nSPS) is 20.3. The Kier molecular flexibility index (Phi) is 5.32. The predicted octanol–water partition coefficient (Wildman–Crippen LogP) is 0.947. The summed E-state index contributed by atoms with van der Waals surface area (Å²) < 4.78 is 4.53. The van der Waals surface area contributed by atoms with Crippen molar-refractivity contribution >= 4 is 17.8 Å². The summed E-state index contributed by atoms with van der Waals surface area (Å²) in [5.74, 6) is -0.288. The van der Waals surface area contributed by atoms with Crippen LogP contribution in [-0.2, 0) is 14.3 Å². The third-order valence-corrected chi connectivity index (χ3v) is 3.40. The first-order chi connectivity index (χ1) is 8.88. The molecule has 19 heavy (non-hydrogen) atoms. The summed E-state index contributed by atoms with van der Waals surface area (Å²) in [6, 6.07) is -1.01. The fourth-order valence-electron chi connectivity index (χ4n) is 2.33. The summed E-state index contributed by atoms with van der Waals surface area (Å²) in [6.45, 7) is 5.75. The van der Waals surface area contributed by atoms with E-state index in [1.165, 1.54) is 14.0 Å². The molecule has 1 aliphatic heterocycles. The highest BCUT2D eigenvalue weighted by atomic mass is 16.5. The second kappa shape index (κ2) is 6.54. The predicted molar refractivity (Wildman–Crippen MR) is 69.6 cm³/mol. The number of amides is 2. The van der Waals surface area contributed by atoms with Crippen LogP contribution in [0.15, 0.2) is 0 Å². The average molecular weight is 270 g/mol. The second-order valence-corrected chi connectivity index (χ2v) is 5.16. The molecule has 1 saturated heterocycles.